The van der Waals surface area contributed by atoms with Crippen LogP contribution in [0.4, 0.5) is 11.4 Å². The van der Waals surface area contributed by atoms with Gasteiger partial charge in [0.15, 0.2) is 0 Å². The van der Waals surface area contributed by atoms with Crippen molar-refractivity contribution >= 4 is 21.4 Å². The Labute approximate surface area is 206 Å². The molecule has 0 spiro atoms. The quantitative estimate of drug-likeness (QED) is 0.325. The molecule has 0 radical (unpaired) electrons. The van der Waals surface area contributed by atoms with Crippen molar-refractivity contribution < 1.29 is 13.3 Å². The highest BCUT2D eigenvalue weighted by Gasteiger charge is 2.34. The van der Waals surface area contributed by atoms with E-state index in [9.17, 15) is 8.42 Å². The second-order valence-electron chi connectivity index (χ2n) is 8.40. The van der Waals surface area contributed by atoms with E-state index >= 15 is 0 Å². The van der Waals surface area contributed by atoms with Crippen molar-refractivity contribution in [2.75, 3.05) is 16.0 Å². The van der Waals surface area contributed by atoms with Gasteiger partial charge in [-0.1, -0.05) is 84.4 Å². The number of sulfonamides is 1. The summed E-state index contributed by atoms with van der Waals surface area (Å²) >= 11 is 0. The molecule has 176 valence electrons. The number of benzene rings is 4. The molecule has 0 amide bonds. The number of para-hydroxylation sites is 2. The first-order valence-corrected chi connectivity index (χ1v) is 12.9. The van der Waals surface area contributed by atoms with Crippen LogP contribution >= 0.6 is 0 Å². The standard InChI is InChI=1S/C29H26N2O3S/c1-23-17-19-28(20-18-23)35(32,33)30(26-13-7-3-8-14-26)21-25-22-34-31(27-15-9-4-10-16-27)29(25)24-11-5-2-6-12-24/h2-21,29H,22H2,1H3/b25-21-/t29-/m0/s1. The van der Waals surface area contributed by atoms with Crippen molar-refractivity contribution in [3.05, 3.63) is 138 Å². The summed E-state index contributed by atoms with van der Waals surface area (Å²) in [5.74, 6) is 0. The van der Waals surface area contributed by atoms with Gasteiger partial charge in [0.1, 0.15) is 12.6 Å². The maximum Gasteiger partial charge on any atom is 0.268 e. The van der Waals surface area contributed by atoms with Crippen LogP contribution in [0.25, 0.3) is 0 Å². The first-order chi connectivity index (χ1) is 17.0. The van der Waals surface area contributed by atoms with Gasteiger partial charge >= 0.3 is 0 Å². The fourth-order valence-corrected chi connectivity index (χ4v) is 5.55. The molecule has 35 heavy (non-hydrogen) atoms. The second kappa shape index (κ2) is 9.78. The van der Waals surface area contributed by atoms with E-state index in [1.807, 2.05) is 103 Å². The van der Waals surface area contributed by atoms with Crippen molar-refractivity contribution in [2.24, 2.45) is 0 Å². The van der Waals surface area contributed by atoms with Crippen molar-refractivity contribution in [2.45, 2.75) is 17.9 Å². The van der Waals surface area contributed by atoms with Gasteiger partial charge in [-0.05, 0) is 48.9 Å². The van der Waals surface area contributed by atoms with Crippen LogP contribution in [0, 0.1) is 6.92 Å². The van der Waals surface area contributed by atoms with Crippen LogP contribution in [-0.4, -0.2) is 15.0 Å². The molecule has 1 saturated heterocycles. The van der Waals surface area contributed by atoms with Crippen molar-refractivity contribution in [1.82, 2.24) is 0 Å². The largest absolute Gasteiger partial charge is 0.268 e. The van der Waals surface area contributed by atoms with E-state index in [0.29, 0.717) is 5.69 Å². The van der Waals surface area contributed by atoms with Crippen LogP contribution in [0.1, 0.15) is 17.2 Å². The third-order valence-corrected chi connectivity index (χ3v) is 7.66. The fraction of sp³-hybridized carbons (Fsp3) is 0.103. The van der Waals surface area contributed by atoms with Crippen LogP contribution in [-0.2, 0) is 14.9 Å². The zero-order valence-corrected chi connectivity index (χ0v) is 20.2. The number of hydrogen-bond acceptors (Lipinski definition) is 4. The zero-order valence-electron chi connectivity index (χ0n) is 19.4. The fourth-order valence-electron chi connectivity index (χ4n) is 4.17. The maximum absolute atomic E-state index is 13.9. The number of rotatable bonds is 6. The summed E-state index contributed by atoms with van der Waals surface area (Å²) < 4.78 is 29.1. The van der Waals surface area contributed by atoms with Gasteiger partial charge in [-0.3, -0.25) is 4.84 Å². The van der Waals surface area contributed by atoms with Gasteiger partial charge in [0.05, 0.1) is 16.3 Å². The highest BCUT2D eigenvalue weighted by atomic mass is 32.2. The molecular weight excluding hydrogens is 456 g/mol. The molecular formula is C29H26N2O3S. The molecule has 1 fully saturated rings. The molecule has 1 atom stereocenters. The van der Waals surface area contributed by atoms with Crippen LogP contribution in [0.3, 0.4) is 0 Å². The van der Waals surface area contributed by atoms with Gasteiger partial charge in [0.2, 0.25) is 0 Å². The molecule has 5 rings (SSSR count). The molecule has 6 heteroatoms. The predicted octanol–water partition coefficient (Wildman–Crippen LogP) is 6.27. The second-order valence-corrected chi connectivity index (χ2v) is 10.2. The number of hydroxylamine groups is 1. The van der Waals surface area contributed by atoms with E-state index in [1.54, 1.807) is 30.5 Å². The number of hydrogen-bond donors (Lipinski definition) is 0. The third-order valence-electron chi connectivity index (χ3n) is 5.95. The number of anilines is 2. The average molecular weight is 483 g/mol. The normalized spacial score (nSPS) is 17.0. The van der Waals surface area contributed by atoms with Gasteiger partial charge in [-0.25, -0.2) is 17.8 Å². The Balaban J connectivity index is 1.64. The molecule has 1 aliphatic heterocycles. The Bertz CT molecular complexity index is 1410. The summed E-state index contributed by atoms with van der Waals surface area (Å²) in [5.41, 5.74) is 4.31. The molecule has 0 bridgehead atoms. The minimum absolute atomic E-state index is 0.235. The minimum atomic E-state index is -3.86. The molecule has 0 unspecified atom stereocenters. The highest BCUT2D eigenvalue weighted by molar-refractivity contribution is 7.93. The molecule has 4 aromatic carbocycles. The Morgan fingerprint density at radius 3 is 2.00 bits per heavy atom. The van der Waals surface area contributed by atoms with E-state index in [4.69, 9.17) is 4.84 Å². The SMILES string of the molecule is Cc1ccc(S(=O)(=O)N(/C=C2/CON(c3ccccc3)[C@H]2c2ccccc2)c2ccccc2)cc1. The van der Waals surface area contributed by atoms with Gasteiger partial charge in [0, 0.05) is 11.8 Å². The molecule has 5 nitrogen and oxygen atoms in total. The van der Waals surface area contributed by atoms with E-state index in [1.165, 1.54) is 4.31 Å². The topological polar surface area (TPSA) is 49.9 Å². The van der Waals surface area contributed by atoms with Crippen molar-refractivity contribution in [1.29, 1.82) is 0 Å². The Morgan fingerprint density at radius 1 is 0.800 bits per heavy atom. The zero-order chi connectivity index (χ0) is 24.3. The van der Waals surface area contributed by atoms with Gasteiger partial charge in [0.25, 0.3) is 10.0 Å². The van der Waals surface area contributed by atoms with Crippen molar-refractivity contribution in [3.63, 3.8) is 0 Å². The molecule has 4 aromatic rings. The molecule has 1 aliphatic rings. The van der Waals surface area contributed by atoms with Crippen molar-refractivity contribution in [3.8, 4) is 0 Å². The number of nitrogens with zero attached hydrogens (tertiary/aromatic N) is 2. The third kappa shape index (κ3) is 4.71. The summed E-state index contributed by atoms with van der Waals surface area (Å²) in [6, 6.07) is 35.6. The van der Waals surface area contributed by atoms with Crippen LogP contribution < -0.4 is 9.37 Å². The van der Waals surface area contributed by atoms with E-state index < -0.39 is 10.0 Å². The average Bonchev–Trinajstić information content (AvgIpc) is 3.33. The molecule has 0 aromatic heterocycles. The van der Waals surface area contributed by atoms with E-state index in [2.05, 4.69) is 0 Å². The molecule has 0 N–H and O–H groups in total. The lowest BCUT2D eigenvalue weighted by Gasteiger charge is -2.27. The van der Waals surface area contributed by atoms with Crippen LogP contribution in [0.2, 0.25) is 0 Å². The Morgan fingerprint density at radius 2 is 1.37 bits per heavy atom. The maximum atomic E-state index is 13.9. The Hall–Kier alpha value is -3.87. The van der Waals surface area contributed by atoms with Crippen LogP contribution in [0.5, 0.6) is 0 Å². The first-order valence-electron chi connectivity index (χ1n) is 11.4. The van der Waals surface area contributed by atoms with Gasteiger partial charge in [-0.2, -0.15) is 0 Å². The summed E-state index contributed by atoms with van der Waals surface area (Å²) in [6.07, 6.45) is 1.71. The predicted molar refractivity (Wildman–Crippen MR) is 139 cm³/mol. The summed E-state index contributed by atoms with van der Waals surface area (Å²) in [4.78, 5) is 6.37. The highest BCUT2D eigenvalue weighted by Crippen LogP contribution is 2.39. The lowest BCUT2D eigenvalue weighted by molar-refractivity contribution is 0.162. The summed E-state index contributed by atoms with van der Waals surface area (Å²) in [7, 11) is -3.86. The van der Waals surface area contributed by atoms with E-state index in [-0.39, 0.29) is 17.5 Å². The minimum Gasteiger partial charge on any atom is -0.268 e. The van der Waals surface area contributed by atoms with Gasteiger partial charge in [-0.15, -0.1) is 0 Å². The number of aryl methyl sites for hydroxylation is 1. The van der Waals surface area contributed by atoms with E-state index in [0.717, 1.165) is 22.4 Å². The van der Waals surface area contributed by atoms with Gasteiger partial charge < -0.3 is 0 Å². The monoisotopic (exact) mass is 482 g/mol. The van der Waals surface area contributed by atoms with Crippen LogP contribution in [0.15, 0.2) is 132 Å². The first kappa shape index (κ1) is 22.9. The lowest BCUT2D eigenvalue weighted by Crippen LogP contribution is -2.27. The summed E-state index contributed by atoms with van der Waals surface area (Å²) in [6.45, 7) is 2.20. The molecule has 0 aliphatic carbocycles. The smallest absolute Gasteiger partial charge is 0.268 e. The molecule has 0 saturated carbocycles. The summed E-state index contributed by atoms with van der Waals surface area (Å²) in [5, 5.41) is 1.85. The lowest BCUT2D eigenvalue weighted by atomic mass is 10.00. The molecule has 1 heterocycles. The Kier molecular flexibility index (Phi) is 6.40.